The minimum atomic E-state index is -2.57. The van der Waals surface area contributed by atoms with Gasteiger partial charge in [0.15, 0.2) is 5.60 Å². The van der Waals surface area contributed by atoms with Crippen molar-refractivity contribution in [1.29, 1.82) is 0 Å². The lowest BCUT2D eigenvalue weighted by atomic mass is 9.81. The van der Waals surface area contributed by atoms with Gasteiger partial charge in [-0.05, 0) is 26.2 Å². The smallest absolute Gasteiger partial charge is 0.339 e. The first kappa shape index (κ1) is 75.0. The Kier molecular flexibility index (Phi) is 58.6. The molecule has 1 N–H and O–H groups in total. The zero-order valence-corrected chi connectivity index (χ0v) is 52.1. The number of ketones is 1. The maximum absolute atomic E-state index is 13.8. The van der Waals surface area contributed by atoms with Crippen molar-refractivity contribution in [1.82, 2.24) is 0 Å². The van der Waals surface area contributed by atoms with Gasteiger partial charge >= 0.3 is 17.9 Å². The molecule has 8 heteroatoms. The quantitative estimate of drug-likeness (QED) is 0.0364. The van der Waals surface area contributed by atoms with Gasteiger partial charge in [-0.25, -0.2) is 4.79 Å². The van der Waals surface area contributed by atoms with Crippen molar-refractivity contribution < 1.29 is 38.5 Å². The lowest BCUT2D eigenvalue weighted by Crippen LogP contribution is -2.53. The van der Waals surface area contributed by atoms with Crippen molar-refractivity contribution in [2.45, 2.75) is 393 Å². The van der Waals surface area contributed by atoms with Gasteiger partial charge in [0.05, 0.1) is 26.2 Å². The van der Waals surface area contributed by atoms with Gasteiger partial charge in [-0.15, -0.1) is 0 Å². The molecule has 0 spiro atoms. The van der Waals surface area contributed by atoms with Gasteiger partial charge in [0, 0.05) is 6.42 Å². The molecule has 2 unspecified atom stereocenters. The lowest BCUT2D eigenvalue weighted by molar-refractivity contribution is -0.187. The largest absolute Gasteiger partial charge is 0.466 e. The van der Waals surface area contributed by atoms with Crippen LogP contribution >= 0.6 is 0 Å². The molecule has 0 aliphatic heterocycles. The predicted octanol–water partition coefficient (Wildman–Crippen LogP) is 21.5. The Labute approximate surface area is 478 Å². The molecule has 0 aromatic rings. The maximum atomic E-state index is 13.8. The maximum Gasteiger partial charge on any atom is 0.339 e. The van der Waals surface area contributed by atoms with E-state index < -0.39 is 42.3 Å². The topological polar surface area (TPSA) is 116 Å². The highest BCUT2D eigenvalue weighted by Crippen LogP contribution is 2.30. The number of carbonyl (C=O) groups excluding carboxylic acids is 4. The molecule has 0 bridgehead atoms. The molecule has 456 valence electrons. The summed E-state index contributed by atoms with van der Waals surface area (Å²) in [5, 5.41) is 12.1. The van der Waals surface area contributed by atoms with Gasteiger partial charge in [-0.3, -0.25) is 14.4 Å². The van der Waals surface area contributed by atoms with E-state index in [0.717, 1.165) is 57.8 Å². The highest BCUT2D eigenvalue weighted by atomic mass is 16.6. The monoisotopic (exact) mass is 1090 g/mol. The predicted molar refractivity (Wildman–Crippen MR) is 328 cm³/mol. The molecule has 0 aromatic heterocycles. The molecule has 0 aliphatic carbocycles. The number of rotatable bonds is 64. The van der Waals surface area contributed by atoms with E-state index in [-0.39, 0.29) is 25.6 Å². The Morgan fingerprint density at radius 1 is 0.312 bits per heavy atom. The molecule has 0 aromatic carbocycles. The summed E-state index contributed by atoms with van der Waals surface area (Å²) in [6, 6.07) is 0. The van der Waals surface area contributed by atoms with E-state index >= 15 is 0 Å². The molecule has 0 rings (SSSR count). The molecule has 0 heterocycles. The van der Waals surface area contributed by atoms with E-state index in [1.807, 2.05) is 0 Å². The number of carbonyl (C=O) groups is 4. The van der Waals surface area contributed by atoms with Crippen LogP contribution < -0.4 is 0 Å². The normalized spacial score (nSPS) is 12.7. The Balaban J connectivity index is 4.80. The summed E-state index contributed by atoms with van der Waals surface area (Å²) < 4.78 is 16.8. The van der Waals surface area contributed by atoms with Gasteiger partial charge in [0.2, 0.25) is 0 Å². The molecule has 0 radical (unpaired) electrons. The lowest BCUT2D eigenvalue weighted by Gasteiger charge is -2.31. The van der Waals surface area contributed by atoms with Crippen LogP contribution in [-0.2, 0) is 33.4 Å². The Morgan fingerprint density at radius 2 is 0.519 bits per heavy atom. The van der Waals surface area contributed by atoms with E-state index in [1.165, 1.54) is 277 Å². The number of hydrogen-bond acceptors (Lipinski definition) is 8. The SMILES string of the molecule is CCCCCCCCCCCCCCCCCCCCOC(=O)CC(O)(C(=O)OCCCCCCCCCCCCCCCCCCCC)C(CC(C)=O)C(=O)OCCCCCCCCCCCCCCCCCCCC. The molecule has 0 fully saturated rings. The second-order valence-electron chi connectivity index (χ2n) is 24.1. The Bertz CT molecular complexity index is 1270. The van der Waals surface area contributed by atoms with Crippen LogP contribution in [0.2, 0.25) is 0 Å². The molecular formula is C69H132O8. The van der Waals surface area contributed by atoms with Crippen LogP contribution in [0.5, 0.6) is 0 Å². The van der Waals surface area contributed by atoms with Gasteiger partial charge < -0.3 is 19.3 Å². The fraction of sp³-hybridized carbons (Fsp3) is 0.942. The molecule has 77 heavy (non-hydrogen) atoms. The van der Waals surface area contributed by atoms with Crippen molar-refractivity contribution >= 4 is 23.7 Å². The molecule has 0 saturated carbocycles. The van der Waals surface area contributed by atoms with Gasteiger partial charge in [0.1, 0.15) is 11.7 Å². The summed E-state index contributed by atoms with van der Waals surface area (Å²) >= 11 is 0. The fourth-order valence-electron chi connectivity index (χ4n) is 11.1. The zero-order chi connectivity index (χ0) is 56.2. The highest BCUT2D eigenvalue weighted by Gasteiger charge is 2.52. The minimum Gasteiger partial charge on any atom is -0.466 e. The number of ether oxygens (including phenoxy) is 3. The van der Waals surface area contributed by atoms with E-state index in [2.05, 4.69) is 20.8 Å². The molecule has 0 aliphatic rings. The van der Waals surface area contributed by atoms with Gasteiger partial charge in [0.25, 0.3) is 0 Å². The van der Waals surface area contributed by atoms with Crippen LogP contribution in [0.3, 0.4) is 0 Å². The second kappa shape index (κ2) is 60.1. The van der Waals surface area contributed by atoms with Gasteiger partial charge in [-0.1, -0.05) is 348 Å². The van der Waals surface area contributed by atoms with E-state index in [0.29, 0.717) is 19.3 Å². The van der Waals surface area contributed by atoms with Crippen molar-refractivity contribution in [3.63, 3.8) is 0 Å². The van der Waals surface area contributed by atoms with Gasteiger partial charge in [-0.2, -0.15) is 0 Å². The summed E-state index contributed by atoms with van der Waals surface area (Å²) in [5.41, 5.74) is -2.57. The van der Waals surface area contributed by atoms with Crippen LogP contribution in [0, 0.1) is 5.92 Å². The standard InChI is InChI=1S/C69H132O8/c1-5-8-11-14-17-20-23-26-29-32-35-38-41-44-47-50-53-56-59-75-66(71)63-69(74,68(73)77-61-58-55-52-49-46-43-40-37-34-31-28-25-22-19-16-13-10-7-3)65(62-64(4)70)67(72)76-60-57-54-51-48-45-42-39-36-33-30-27-24-21-18-15-12-9-6-2/h65,74H,5-63H2,1-4H3. The molecule has 0 amide bonds. The van der Waals surface area contributed by atoms with Crippen LogP contribution in [-0.4, -0.2) is 54.2 Å². The summed E-state index contributed by atoms with van der Waals surface area (Å²) in [6.07, 6.45) is 66.7. The number of unbranched alkanes of at least 4 members (excludes halogenated alkanes) is 51. The summed E-state index contributed by atoms with van der Waals surface area (Å²) in [7, 11) is 0. The second-order valence-corrected chi connectivity index (χ2v) is 24.1. The third-order valence-electron chi connectivity index (χ3n) is 16.4. The van der Waals surface area contributed by atoms with Crippen LogP contribution in [0.1, 0.15) is 387 Å². The van der Waals surface area contributed by atoms with Crippen molar-refractivity contribution in [3.05, 3.63) is 0 Å². The zero-order valence-electron chi connectivity index (χ0n) is 52.1. The van der Waals surface area contributed by atoms with E-state index in [9.17, 15) is 24.3 Å². The first-order chi connectivity index (χ1) is 37.7. The van der Waals surface area contributed by atoms with Crippen molar-refractivity contribution in [2.75, 3.05) is 19.8 Å². The molecule has 8 nitrogen and oxygen atoms in total. The Hall–Kier alpha value is -1.96. The van der Waals surface area contributed by atoms with Crippen molar-refractivity contribution in [2.24, 2.45) is 5.92 Å². The highest BCUT2D eigenvalue weighted by molar-refractivity contribution is 5.94. The number of aliphatic hydroxyl groups is 1. The number of esters is 3. The minimum absolute atomic E-state index is 0.0649. The summed E-state index contributed by atoms with van der Waals surface area (Å²) in [4.78, 5) is 53.4. The number of Topliss-reactive ketones (excluding diaryl/α,β-unsaturated/α-hetero) is 1. The van der Waals surface area contributed by atoms with Crippen LogP contribution in [0.25, 0.3) is 0 Å². The average molecular weight is 1090 g/mol. The summed E-state index contributed by atoms with van der Waals surface area (Å²) in [6.45, 7) is 8.50. The Morgan fingerprint density at radius 3 is 0.753 bits per heavy atom. The van der Waals surface area contributed by atoms with Crippen molar-refractivity contribution in [3.8, 4) is 0 Å². The first-order valence-corrected chi connectivity index (χ1v) is 34.4. The third-order valence-corrected chi connectivity index (χ3v) is 16.4. The average Bonchev–Trinajstić information content (AvgIpc) is 3.42. The summed E-state index contributed by atoms with van der Waals surface area (Å²) in [5.74, 6) is -4.65. The van der Waals surface area contributed by atoms with Crippen LogP contribution in [0.4, 0.5) is 0 Å². The third kappa shape index (κ3) is 51.9. The van der Waals surface area contributed by atoms with Crippen LogP contribution in [0.15, 0.2) is 0 Å². The number of hydrogen-bond donors (Lipinski definition) is 1. The fourth-order valence-corrected chi connectivity index (χ4v) is 11.1. The molecule has 2 atom stereocenters. The first-order valence-electron chi connectivity index (χ1n) is 34.4. The van der Waals surface area contributed by atoms with E-state index in [1.54, 1.807) is 0 Å². The van der Waals surface area contributed by atoms with E-state index in [4.69, 9.17) is 14.2 Å². The molecular weight excluding hydrogens is 957 g/mol. The molecule has 0 saturated heterocycles.